The number of aromatic hydroxyl groups is 1. The Kier molecular flexibility index (Phi) is 3.57. The Morgan fingerprint density at radius 3 is 2.47 bits per heavy atom. The van der Waals surface area contributed by atoms with Crippen LogP contribution in [-0.2, 0) is 17.5 Å². The van der Waals surface area contributed by atoms with Gasteiger partial charge in [0.25, 0.3) is 0 Å². The molecule has 0 amide bonds. The summed E-state index contributed by atoms with van der Waals surface area (Å²) < 4.78 is 41.6. The lowest BCUT2D eigenvalue weighted by Gasteiger charge is -2.09. The zero-order chi connectivity index (χ0) is 11.5. The van der Waals surface area contributed by atoms with Gasteiger partial charge in [-0.2, -0.15) is 13.2 Å². The van der Waals surface area contributed by atoms with Crippen molar-refractivity contribution in [3.8, 4) is 5.75 Å². The molecule has 0 saturated heterocycles. The molecule has 0 fully saturated rings. The normalized spacial score (nSPS) is 11.7. The highest BCUT2D eigenvalue weighted by molar-refractivity contribution is 5.37. The molecule has 0 radical (unpaired) electrons. The van der Waals surface area contributed by atoms with Gasteiger partial charge >= 0.3 is 6.18 Å². The van der Waals surface area contributed by atoms with Crippen LogP contribution >= 0.6 is 0 Å². The Morgan fingerprint density at radius 1 is 1.33 bits per heavy atom. The first kappa shape index (κ1) is 11.8. The van der Waals surface area contributed by atoms with Crippen LogP contribution in [0.1, 0.15) is 18.1 Å². The van der Waals surface area contributed by atoms with E-state index < -0.39 is 17.5 Å². The van der Waals surface area contributed by atoms with Crippen molar-refractivity contribution in [1.29, 1.82) is 0 Å². The zero-order valence-electron chi connectivity index (χ0n) is 8.14. The summed E-state index contributed by atoms with van der Waals surface area (Å²) in [5.74, 6) is -0.390. The summed E-state index contributed by atoms with van der Waals surface area (Å²) >= 11 is 0. The molecule has 0 spiro atoms. The number of ether oxygens (including phenoxy) is 1. The van der Waals surface area contributed by atoms with Crippen LogP contribution < -0.4 is 0 Å². The maximum atomic E-state index is 12.2. The van der Waals surface area contributed by atoms with Gasteiger partial charge < -0.3 is 9.84 Å². The van der Waals surface area contributed by atoms with Crippen molar-refractivity contribution in [3.63, 3.8) is 0 Å². The highest BCUT2D eigenvalue weighted by atomic mass is 19.4. The average molecular weight is 220 g/mol. The Bertz CT molecular complexity index is 334. The van der Waals surface area contributed by atoms with Crippen molar-refractivity contribution in [1.82, 2.24) is 0 Å². The van der Waals surface area contributed by atoms with E-state index in [0.717, 1.165) is 6.07 Å². The fourth-order valence-electron chi connectivity index (χ4n) is 1.07. The van der Waals surface area contributed by atoms with E-state index in [-0.39, 0.29) is 6.61 Å². The highest BCUT2D eigenvalue weighted by Crippen LogP contribution is 2.32. The molecule has 0 aliphatic heterocycles. The van der Waals surface area contributed by atoms with Crippen molar-refractivity contribution in [3.05, 3.63) is 29.3 Å². The summed E-state index contributed by atoms with van der Waals surface area (Å²) in [7, 11) is 0. The van der Waals surface area contributed by atoms with Crippen molar-refractivity contribution in [2.24, 2.45) is 0 Å². The molecule has 0 aromatic heterocycles. The minimum absolute atomic E-state index is 0.112. The number of hydrogen-bond donors (Lipinski definition) is 1. The van der Waals surface area contributed by atoms with E-state index in [2.05, 4.69) is 0 Å². The highest BCUT2D eigenvalue weighted by Gasteiger charge is 2.30. The Morgan fingerprint density at radius 2 is 2.00 bits per heavy atom. The first-order valence-corrected chi connectivity index (χ1v) is 4.42. The molecule has 0 saturated carbocycles. The average Bonchev–Trinajstić information content (AvgIpc) is 2.14. The molecular formula is C10H11F3O2. The van der Waals surface area contributed by atoms with E-state index in [0.29, 0.717) is 18.2 Å². The standard InChI is InChI=1S/C10H11F3O2/c1-2-15-6-7-3-4-8(5-9(7)14)10(11,12)13/h3-5,14H,2,6H2,1H3. The molecule has 1 aromatic carbocycles. The van der Waals surface area contributed by atoms with Gasteiger partial charge in [0.1, 0.15) is 5.75 Å². The fourth-order valence-corrected chi connectivity index (χ4v) is 1.07. The van der Waals surface area contributed by atoms with E-state index in [9.17, 15) is 18.3 Å². The molecule has 1 N–H and O–H groups in total. The second kappa shape index (κ2) is 4.53. The molecule has 5 heteroatoms. The third kappa shape index (κ3) is 3.13. The largest absolute Gasteiger partial charge is 0.508 e. The van der Waals surface area contributed by atoms with E-state index in [1.54, 1.807) is 6.92 Å². The molecule has 1 rings (SSSR count). The molecule has 15 heavy (non-hydrogen) atoms. The lowest BCUT2D eigenvalue weighted by Crippen LogP contribution is -2.05. The van der Waals surface area contributed by atoms with E-state index in [1.165, 1.54) is 6.07 Å². The van der Waals surface area contributed by atoms with Gasteiger partial charge in [-0.1, -0.05) is 6.07 Å². The van der Waals surface area contributed by atoms with Crippen molar-refractivity contribution < 1.29 is 23.0 Å². The molecule has 0 aliphatic rings. The molecule has 2 nitrogen and oxygen atoms in total. The van der Waals surface area contributed by atoms with Crippen molar-refractivity contribution in [2.45, 2.75) is 19.7 Å². The summed E-state index contributed by atoms with van der Waals surface area (Å²) in [5, 5.41) is 9.30. The van der Waals surface area contributed by atoms with Crippen LogP contribution in [-0.4, -0.2) is 11.7 Å². The second-order valence-corrected chi connectivity index (χ2v) is 2.98. The number of halogens is 3. The number of hydrogen-bond acceptors (Lipinski definition) is 2. The molecule has 0 heterocycles. The minimum Gasteiger partial charge on any atom is -0.508 e. The Hall–Kier alpha value is -1.23. The van der Waals surface area contributed by atoms with Gasteiger partial charge in [-0.25, -0.2) is 0 Å². The Balaban J connectivity index is 2.88. The summed E-state index contributed by atoms with van der Waals surface area (Å²) in [4.78, 5) is 0. The van der Waals surface area contributed by atoms with Gasteiger partial charge in [0.2, 0.25) is 0 Å². The summed E-state index contributed by atoms with van der Waals surface area (Å²) in [5.41, 5.74) is -0.509. The molecule has 84 valence electrons. The van der Waals surface area contributed by atoms with E-state index in [4.69, 9.17) is 4.74 Å². The van der Waals surface area contributed by atoms with E-state index >= 15 is 0 Å². The fraction of sp³-hybridized carbons (Fsp3) is 0.400. The number of rotatable bonds is 3. The van der Waals surface area contributed by atoms with Gasteiger partial charge in [-0.3, -0.25) is 0 Å². The molecule has 1 aromatic rings. The minimum atomic E-state index is -4.43. The van der Waals surface area contributed by atoms with Gasteiger partial charge in [-0.15, -0.1) is 0 Å². The van der Waals surface area contributed by atoms with Gasteiger partial charge in [-0.05, 0) is 19.1 Å². The molecular weight excluding hydrogens is 209 g/mol. The quantitative estimate of drug-likeness (QED) is 0.848. The van der Waals surface area contributed by atoms with Crippen LogP contribution in [0, 0.1) is 0 Å². The second-order valence-electron chi connectivity index (χ2n) is 2.98. The smallest absolute Gasteiger partial charge is 0.416 e. The van der Waals surface area contributed by atoms with Crippen LogP contribution in [0.3, 0.4) is 0 Å². The molecule has 0 atom stereocenters. The lowest BCUT2D eigenvalue weighted by molar-refractivity contribution is -0.137. The zero-order valence-corrected chi connectivity index (χ0v) is 8.14. The number of alkyl halides is 3. The molecule has 0 unspecified atom stereocenters. The summed E-state index contributed by atoms with van der Waals surface area (Å²) in [6.45, 7) is 2.32. The predicted molar refractivity (Wildman–Crippen MR) is 48.4 cm³/mol. The predicted octanol–water partition coefficient (Wildman–Crippen LogP) is 2.95. The van der Waals surface area contributed by atoms with Crippen LogP contribution in [0.25, 0.3) is 0 Å². The molecule has 0 bridgehead atoms. The Labute approximate surface area is 85.3 Å². The monoisotopic (exact) mass is 220 g/mol. The van der Waals surface area contributed by atoms with Crippen LogP contribution in [0.15, 0.2) is 18.2 Å². The third-order valence-electron chi connectivity index (χ3n) is 1.87. The first-order chi connectivity index (χ1) is 6.95. The number of phenolic OH excluding ortho intramolecular Hbond substituents is 1. The maximum Gasteiger partial charge on any atom is 0.416 e. The number of benzene rings is 1. The van der Waals surface area contributed by atoms with Crippen LogP contribution in [0.5, 0.6) is 5.75 Å². The van der Waals surface area contributed by atoms with Crippen LogP contribution in [0.2, 0.25) is 0 Å². The first-order valence-electron chi connectivity index (χ1n) is 4.42. The van der Waals surface area contributed by atoms with Crippen molar-refractivity contribution in [2.75, 3.05) is 6.61 Å². The molecule has 0 aliphatic carbocycles. The van der Waals surface area contributed by atoms with E-state index in [1.807, 2.05) is 0 Å². The van der Waals surface area contributed by atoms with Crippen molar-refractivity contribution >= 4 is 0 Å². The topological polar surface area (TPSA) is 29.5 Å². The summed E-state index contributed by atoms with van der Waals surface area (Å²) in [6.07, 6.45) is -4.43. The lowest BCUT2D eigenvalue weighted by atomic mass is 10.1. The summed E-state index contributed by atoms with van der Waals surface area (Å²) in [6, 6.07) is 2.84. The number of phenols is 1. The van der Waals surface area contributed by atoms with Crippen LogP contribution in [0.4, 0.5) is 13.2 Å². The third-order valence-corrected chi connectivity index (χ3v) is 1.87. The van der Waals surface area contributed by atoms with Gasteiger partial charge in [0, 0.05) is 12.2 Å². The maximum absolute atomic E-state index is 12.2. The van der Waals surface area contributed by atoms with Gasteiger partial charge in [0.05, 0.1) is 12.2 Å². The van der Waals surface area contributed by atoms with Gasteiger partial charge in [0.15, 0.2) is 0 Å². The SMILES string of the molecule is CCOCc1ccc(C(F)(F)F)cc1O.